The Kier molecular flexibility index (Phi) is 5.90. The number of carbonyl (C=O) groups is 2. The van der Waals surface area contributed by atoms with E-state index in [1.165, 1.54) is 0 Å². The van der Waals surface area contributed by atoms with Crippen LogP contribution in [0.25, 0.3) is 10.8 Å². The first-order valence-corrected chi connectivity index (χ1v) is 13.5. The molecule has 1 aromatic heterocycles. The van der Waals surface area contributed by atoms with E-state index < -0.39 is 38.2 Å². The molecule has 1 amide bonds. The summed E-state index contributed by atoms with van der Waals surface area (Å²) >= 11 is 6.14. The molecular weight excluding hydrogens is 478 g/mol. The summed E-state index contributed by atoms with van der Waals surface area (Å²) in [6, 6.07) is 8.80. The van der Waals surface area contributed by atoms with Gasteiger partial charge >= 0.3 is 0 Å². The highest BCUT2D eigenvalue weighted by molar-refractivity contribution is 7.93. The number of pyridine rings is 1. The highest BCUT2D eigenvalue weighted by atomic mass is 35.5. The predicted octanol–water partition coefficient (Wildman–Crippen LogP) is 2.20. The monoisotopic (exact) mass is 503 g/mol. The molecule has 2 N–H and O–H groups in total. The van der Waals surface area contributed by atoms with Gasteiger partial charge in [0, 0.05) is 24.3 Å². The Morgan fingerprint density at radius 1 is 1.32 bits per heavy atom. The molecule has 2 aliphatic carbocycles. The Hall–Kier alpha value is -2.49. The Balaban J connectivity index is 1.24. The van der Waals surface area contributed by atoms with E-state index in [1.54, 1.807) is 12.1 Å². The topological polar surface area (TPSA) is 114 Å². The van der Waals surface area contributed by atoms with Gasteiger partial charge in [0.15, 0.2) is 15.6 Å². The number of nitrogens with one attached hydrogen (secondary N) is 2. The van der Waals surface area contributed by atoms with E-state index in [0.29, 0.717) is 43.3 Å². The van der Waals surface area contributed by atoms with Crippen molar-refractivity contribution >= 4 is 43.9 Å². The summed E-state index contributed by atoms with van der Waals surface area (Å²) in [7, 11) is -3.47. The average Bonchev–Trinajstić information content (AvgIpc) is 3.71. The quantitative estimate of drug-likeness (QED) is 0.398. The highest BCUT2D eigenvalue weighted by Gasteiger charge is 2.60. The van der Waals surface area contributed by atoms with E-state index in [0.717, 1.165) is 10.8 Å². The number of halogens is 1. The first-order chi connectivity index (χ1) is 16.2. The summed E-state index contributed by atoms with van der Waals surface area (Å²) < 4.78 is 30.8. The summed E-state index contributed by atoms with van der Waals surface area (Å²) in [6.07, 6.45) is 3.23. The van der Waals surface area contributed by atoms with Gasteiger partial charge in [0.25, 0.3) is 0 Å². The lowest BCUT2D eigenvalue weighted by Gasteiger charge is -2.20. The fourth-order valence-electron chi connectivity index (χ4n) is 4.65. The van der Waals surface area contributed by atoms with Crippen LogP contribution in [0.2, 0.25) is 5.15 Å². The van der Waals surface area contributed by atoms with Crippen LogP contribution in [0.4, 0.5) is 0 Å². The van der Waals surface area contributed by atoms with Gasteiger partial charge in [-0.2, -0.15) is 0 Å². The number of ether oxygens (including phenoxy) is 1. The molecule has 0 bridgehead atoms. The zero-order valence-electron chi connectivity index (χ0n) is 18.5. The molecule has 0 unspecified atom stereocenters. The van der Waals surface area contributed by atoms with E-state index in [-0.39, 0.29) is 17.9 Å². The van der Waals surface area contributed by atoms with E-state index in [1.807, 2.05) is 24.3 Å². The summed E-state index contributed by atoms with van der Waals surface area (Å²) in [4.78, 5) is 30.3. The second kappa shape index (κ2) is 8.62. The maximum atomic E-state index is 13.0. The van der Waals surface area contributed by atoms with Crippen molar-refractivity contribution in [2.75, 3.05) is 12.3 Å². The molecule has 2 aromatic rings. The van der Waals surface area contributed by atoms with Gasteiger partial charge in [-0.05, 0) is 36.8 Å². The van der Waals surface area contributed by atoms with Gasteiger partial charge in [0.2, 0.25) is 11.8 Å². The van der Waals surface area contributed by atoms with E-state index in [9.17, 15) is 18.0 Å². The summed E-state index contributed by atoms with van der Waals surface area (Å²) in [6.45, 7) is 4.15. The van der Waals surface area contributed by atoms with Crippen LogP contribution in [0, 0.1) is 5.92 Å². The lowest BCUT2D eigenvalue weighted by Crippen LogP contribution is -2.52. The van der Waals surface area contributed by atoms with E-state index in [4.69, 9.17) is 16.3 Å². The van der Waals surface area contributed by atoms with Crippen LogP contribution in [-0.4, -0.2) is 60.3 Å². The van der Waals surface area contributed by atoms with Crippen molar-refractivity contribution in [2.24, 2.45) is 5.92 Å². The van der Waals surface area contributed by atoms with Crippen LogP contribution in [0.3, 0.4) is 0 Å². The van der Waals surface area contributed by atoms with Gasteiger partial charge in [0.05, 0.1) is 11.3 Å². The first-order valence-electron chi connectivity index (χ1n) is 11.4. The Labute approximate surface area is 203 Å². The Morgan fingerprint density at radius 3 is 2.79 bits per heavy atom. The van der Waals surface area contributed by atoms with Gasteiger partial charge in [-0.1, -0.05) is 35.9 Å². The molecule has 1 aliphatic heterocycles. The normalized spacial score (nSPS) is 28.4. The van der Waals surface area contributed by atoms with Crippen LogP contribution < -0.4 is 15.4 Å². The van der Waals surface area contributed by atoms with Gasteiger partial charge in [-0.3, -0.25) is 9.59 Å². The average molecular weight is 504 g/mol. The smallest absolute Gasteiger partial charge is 0.238 e. The van der Waals surface area contributed by atoms with Crippen molar-refractivity contribution in [1.29, 1.82) is 0 Å². The molecule has 4 atom stereocenters. The second-order valence-electron chi connectivity index (χ2n) is 9.34. The zero-order chi connectivity index (χ0) is 24.1. The lowest BCUT2D eigenvalue weighted by molar-refractivity contribution is -0.129. The molecule has 34 heavy (non-hydrogen) atoms. The second-order valence-corrected chi connectivity index (χ2v) is 12.0. The largest absolute Gasteiger partial charge is 0.472 e. The molecular formula is C24H26ClN3O5S. The first kappa shape index (κ1) is 23.3. The maximum absolute atomic E-state index is 13.0. The Bertz CT molecular complexity index is 1280. The fraction of sp³-hybridized carbons (Fsp3) is 0.458. The predicted molar refractivity (Wildman–Crippen MR) is 129 cm³/mol. The summed E-state index contributed by atoms with van der Waals surface area (Å²) in [5.41, 5.74) is -1.19. The third kappa shape index (κ3) is 4.44. The molecule has 2 saturated carbocycles. The molecule has 5 rings (SSSR count). The number of hydrogen-bond donors (Lipinski definition) is 2. The van der Waals surface area contributed by atoms with Crippen LogP contribution in [0.5, 0.6) is 5.88 Å². The molecule has 3 aliphatic rings. The number of fused-ring (bicyclic) bond motifs is 1. The molecule has 2 heterocycles. The van der Waals surface area contributed by atoms with Gasteiger partial charge < -0.3 is 15.4 Å². The molecule has 0 spiro atoms. The van der Waals surface area contributed by atoms with Crippen LogP contribution >= 0.6 is 11.6 Å². The number of ketones is 1. The minimum absolute atomic E-state index is 0.270. The number of aromatic nitrogens is 1. The summed E-state index contributed by atoms with van der Waals surface area (Å²) in [5, 5.41) is 7.60. The zero-order valence-corrected chi connectivity index (χ0v) is 20.1. The van der Waals surface area contributed by atoms with Crippen molar-refractivity contribution in [3.05, 3.63) is 48.1 Å². The van der Waals surface area contributed by atoms with Crippen molar-refractivity contribution in [3.8, 4) is 5.88 Å². The van der Waals surface area contributed by atoms with Gasteiger partial charge in [0.1, 0.15) is 22.5 Å². The number of carbonyl (C=O) groups excluding carboxylic acids is 2. The SMILES string of the molecule is C=C[C@@H]1C[C@]1(NC(=O)[C@@H]1C[C@@H](Oc2nc(Cl)cc3ccccc23)CN1)C(=O)CS(=O)(=O)C1CC1. The van der Waals surface area contributed by atoms with Crippen LogP contribution in [-0.2, 0) is 19.4 Å². The number of sulfone groups is 1. The standard InChI is InChI=1S/C24H26ClN3O5S/c1-2-15-11-24(15,20(29)13-34(31,32)17-7-8-17)28-22(30)19-10-16(12-26-19)33-23-18-6-4-3-5-14(18)9-21(25)27-23/h2-6,9,15-17,19,26H,1,7-8,10-13H2,(H,28,30)/t15-,16-,19+,24-/m1/s1. The number of rotatable bonds is 9. The number of nitrogens with zero attached hydrogens (tertiary/aromatic N) is 1. The fourth-order valence-corrected chi connectivity index (χ4v) is 6.55. The number of amides is 1. The Morgan fingerprint density at radius 2 is 2.09 bits per heavy atom. The molecule has 1 saturated heterocycles. The van der Waals surface area contributed by atoms with Gasteiger partial charge in [-0.25, -0.2) is 13.4 Å². The van der Waals surface area contributed by atoms with Gasteiger partial charge in [-0.15, -0.1) is 6.58 Å². The third-order valence-corrected chi connectivity index (χ3v) is 9.21. The van der Waals surface area contributed by atoms with E-state index in [2.05, 4.69) is 22.2 Å². The van der Waals surface area contributed by atoms with Crippen molar-refractivity contribution in [1.82, 2.24) is 15.6 Å². The number of benzene rings is 1. The minimum Gasteiger partial charge on any atom is -0.472 e. The molecule has 3 fully saturated rings. The third-order valence-electron chi connectivity index (χ3n) is 6.87. The van der Waals surface area contributed by atoms with Crippen molar-refractivity contribution in [2.45, 2.75) is 48.6 Å². The van der Waals surface area contributed by atoms with Crippen molar-refractivity contribution in [3.63, 3.8) is 0 Å². The maximum Gasteiger partial charge on any atom is 0.238 e. The minimum atomic E-state index is -3.47. The van der Waals surface area contributed by atoms with Crippen LogP contribution in [0.1, 0.15) is 25.7 Å². The summed E-state index contributed by atoms with van der Waals surface area (Å²) in [5.74, 6) is -1.22. The highest BCUT2D eigenvalue weighted by Crippen LogP contribution is 2.46. The molecule has 8 nitrogen and oxygen atoms in total. The number of Topliss-reactive ketones (excluding diaryl/α,β-unsaturated/α-hetero) is 1. The molecule has 10 heteroatoms. The molecule has 1 aromatic carbocycles. The van der Waals surface area contributed by atoms with Crippen LogP contribution in [0.15, 0.2) is 43.0 Å². The lowest BCUT2D eigenvalue weighted by atomic mass is 10.1. The number of hydrogen-bond acceptors (Lipinski definition) is 7. The van der Waals surface area contributed by atoms with E-state index >= 15 is 0 Å². The molecule has 180 valence electrons. The van der Waals surface area contributed by atoms with Crippen molar-refractivity contribution < 1.29 is 22.7 Å². The molecule has 0 radical (unpaired) electrons.